The van der Waals surface area contributed by atoms with Gasteiger partial charge in [0.05, 0.1) is 12.8 Å². The first-order valence-corrected chi connectivity index (χ1v) is 11.0. The van der Waals surface area contributed by atoms with Crippen LogP contribution in [-0.2, 0) is 11.2 Å². The second-order valence-electron chi connectivity index (χ2n) is 7.67. The Morgan fingerprint density at radius 3 is 2.46 bits per heavy atom. The zero-order valence-corrected chi connectivity index (χ0v) is 19.3. The highest BCUT2D eigenvalue weighted by atomic mass is 16.5. The van der Waals surface area contributed by atoms with Crippen LogP contribution in [0, 0.1) is 0 Å². The number of nitrogens with one attached hydrogen (secondary N) is 2. The smallest absolute Gasteiger partial charge is 0.336 e. The Balaban J connectivity index is 1.35. The molecule has 4 rings (SSSR count). The maximum atomic E-state index is 12.5. The second kappa shape index (κ2) is 10.6. The number of hydrogen-bond donors (Lipinski definition) is 2. The van der Waals surface area contributed by atoms with Crippen LogP contribution in [0.1, 0.15) is 22.8 Å². The molecule has 0 aliphatic heterocycles. The van der Waals surface area contributed by atoms with Crippen molar-refractivity contribution in [2.75, 3.05) is 24.4 Å². The average molecular weight is 472 g/mol. The Morgan fingerprint density at radius 1 is 0.943 bits per heavy atom. The fourth-order valence-electron chi connectivity index (χ4n) is 3.59. The number of carbonyl (C=O) groups is 2. The van der Waals surface area contributed by atoms with E-state index >= 15 is 0 Å². The quantitative estimate of drug-likeness (QED) is 0.362. The summed E-state index contributed by atoms with van der Waals surface area (Å²) in [4.78, 5) is 36.6. The molecule has 35 heavy (non-hydrogen) atoms. The van der Waals surface area contributed by atoms with Gasteiger partial charge in [-0.3, -0.25) is 9.59 Å². The molecule has 0 bridgehead atoms. The summed E-state index contributed by atoms with van der Waals surface area (Å²) in [5.74, 6) is 0.293. The summed E-state index contributed by atoms with van der Waals surface area (Å²) in [7, 11) is 1.53. The van der Waals surface area contributed by atoms with E-state index in [0.717, 1.165) is 10.9 Å². The predicted octanol–water partition coefficient (Wildman–Crippen LogP) is 4.63. The standard InChI is InChI=1S/C27H24N2O6/c1-3-17-14-26(31)35-24-15-20(12-13-21(17)24)34-16-25(30)28-19-10-8-18(9-11-19)27(32)29-22-6-4-5-7-23(22)33-2/h4-15H,3,16H2,1-2H3,(H,28,30)(H,29,32). The lowest BCUT2D eigenvalue weighted by molar-refractivity contribution is -0.118. The molecule has 178 valence electrons. The summed E-state index contributed by atoms with van der Waals surface area (Å²) >= 11 is 0. The van der Waals surface area contributed by atoms with Gasteiger partial charge in [0.2, 0.25) is 0 Å². The van der Waals surface area contributed by atoms with Crippen LogP contribution >= 0.6 is 0 Å². The van der Waals surface area contributed by atoms with Gasteiger partial charge in [0.25, 0.3) is 11.8 Å². The topological polar surface area (TPSA) is 107 Å². The third-order valence-electron chi connectivity index (χ3n) is 5.34. The highest BCUT2D eigenvalue weighted by Crippen LogP contribution is 2.24. The Hall–Kier alpha value is -4.59. The number of aryl methyl sites for hydroxylation is 1. The average Bonchev–Trinajstić information content (AvgIpc) is 2.87. The minimum atomic E-state index is -0.427. The van der Waals surface area contributed by atoms with Crippen LogP contribution in [0.2, 0.25) is 0 Å². The number of amides is 2. The van der Waals surface area contributed by atoms with Crippen LogP contribution in [-0.4, -0.2) is 25.5 Å². The number of carbonyl (C=O) groups excluding carboxylic acids is 2. The highest BCUT2D eigenvalue weighted by molar-refractivity contribution is 6.05. The molecule has 2 N–H and O–H groups in total. The highest BCUT2D eigenvalue weighted by Gasteiger charge is 2.11. The summed E-state index contributed by atoms with van der Waals surface area (Å²) in [6.07, 6.45) is 0.700. The van der Waals surface area contributed by atoms with Gasteiger partial charge in [0.1, 0.15) is 17.1 Å². The number of ether oxygens (including phenoxy) is 2. The SMILES string of the molecule is CCc1cc(=O)oc2cc(OCC(=O)Nc3ccc(C(=O)Nc4ccccc4OC)cc3)ccc12. The summed E-state index contributed by atoms with van der Waals surface area (Å²) < 4.78 is 16.1. The molecule has 8 heteroatoms. The van der Waals surface area contributed by atoms with Gasteiger partial charge < -0.3 is 24.5 Å². The first-order chi connectivity index (χ1) is 17.0. The number of para-hydroxylation sites is 2. The van der Waals surface area contributed by atoms with Crippen LogP contribution in [0.25, 0.3) is 11.0 Å². The predicted molar refractivity (Wildman–Crippen MR) is 133 cm³/mol. The van der Waals surface area contributed by atoms with E-state index in [2.05, 4.69) is 10.6 Å². The third-order valence-corrected chi connectivity index (χ3v) is 5.34. The molecule has 2 amide bonds. The normalized spacial score (nSPS) is 10.6. The van der Waals surface area contributed by atoms with Gasteiger partial charge in [0.15, 0.2) is 6.61 Å². The van der Waals surface area contributed by atoms with Gasteiger partial charge in [-0.05, 0) is 60.5 Å². The van der Waals surface area contributed by atoms with E-state index in [-0.39, 0.29) is 18.4 Å². The summed E-state index contributed by atoms with van der Waals surface area (Å²) in [6, 6.07) is 20.2. The van der Waals surface area contributed by atoms with Crippen LogP contribution in [0.5, 0.6) is 11.5 Å². The van der Waals surface area contributed by atoms with Gasteiger partial charge in [-0.15, -0.1) is 0 Å². The number of methoxy groups -OCH3 is 1. The molecule has 1 heterocycles. The Bertz CT molecular complexity index is 1430. The maximum absolute atomic E-state index is 12.5. The van der Waals surface area contributed by atoms with Crippen molar-refractivity contribution in [1.82, 2.24) is 0 Å². The van der Waals surface area contributed by atoms with Gasteiger partial charge in [-0.2, -0.15) is 0 Å². The molecule has 0 fully saturated rings. The molecular weight excluding hydrogens is 448 g/mol. The van der Waals surface area contributed by atoms with E-state index in [9.17, 15) is 14.4 Å². The Kier molecular flexibility index (Phi) is 7.11. The lowest BCUT2D eigenvalue weighted by Crippen LogP contribution is -2.20. The fourth-order valence-corrected chi connectivity index (χ4v) is 3.59. The van der Waals surface area contributed by atoms with E-state index in [1.54, 1.807) is 60.7 Å². The fraction of sp³-hybridized carbons (Fsp3) is 0.148. The number of hydrogen-bond acceptors (Lipinski definition) is 6. The van der Waals surface area contributed by atoms with Gasteiger partial charge in [-0.1, -0.05) is 19.1 Å². The zero-order chi connectivity index (χ0) is 24.8. The maximum Gasteiger partial charge on any atom is 0.336 e. The summed E-state index contributed by atoms with van der Waals surface area (Å²) in [5.41, 5.74) is 2.38. The molecule has 0 saturated heterocycles. The van der Waals surface area contributed by atoms with Crippen molar-refractivity contribution < 1.29 is 23.5 Å². The van der Waals surface area contributed by atoms with E-state index < -0.39 is 5.63 Å². The number of benzene rings is 3. The number of fused-ring (bicyclic) bond motifs is 1. The summed E-state index contributed by atoms with van der Waals surface area (Å²) in [5, 5.41) is 6.36. The van der Waals surface area contributed by atoms with E-state index in [1.165, 1.54) is 13.2 Å². The first kappa shape index (κ1) is 23.6. The van der Waals surface area contributed by atoms with E-state index in [0.29, 0.717) is 40.4 Å². The molecule has 0 atom stereocenters. The Morgan fingerprint density at radius 2 is 1.71 bits per heavy atom. The van der Waals surface area contributed by atoms with Gasteiger partial charge in [0, 0.05) is 28.8 Å². The van der Waals surface area contributed by atoms with Crippen LogP contribution < -0.4 is 25.7 Å². The minimum absolute atomic E-state index is 0.237. The van der Waals surface area contributed by atoms with Crippen LogP contribution in [0.3, 0.4) is 0 Å². The van der Waals surface area contributed by atoms with Crippen molar-refractivity contribution in [2.45, 2.75) is 13.3 Å². The van der Waals surface area contributed by atoms with Crippen molar-refractivity contribution >= 4 is 34.2 Å². The third kappa shape index (κ3) is 5.67. The second-order valence-corrected chi connectivity index (χ2v) is 7.67. The molecule has 0 aliphatic rings. The molecule has 0 radical (unpaired) electrons. The van der Waals surface area contributed by atoms with E-state index in [1.807, 2.05) is 13.0 Å². The molecule has 8 nitrogen and oxygen atoms in total. The van der Waals surface area contributed by atoms with Crippen LogP contribution in [0.4, 0.5) is 11.4 Å². The summed E-state index contributed by atoms with van der Waals surface area (Å²) in [6.45, 7) is 1.72. The molecule has 1 aromatic heterocycles. The van der Waals surface area contributed by atoms with Gasteiger partial charge in [-0.25, -0.2) is 4.79 Å². The lowest BCUT2D eigenvalue weighted by Gasteiger charge is -2.11. The molecule has 0 unspecified atom stereocenters. The monoisotopic (exact) mass is 472 g/mol. The molecule has 0 aliphatic carbocycles. The van der Waals surface area contributed by atoms with Gasteiger partial charge >= 0.3 is 5.63 Å². The van der Waals surface area contributed by atoms with E-state index in [4.69, 9.17) is 13.9 Å². The molecule has 3 aromatic carbocycles. The molecule has 0 saturated carbocycles. The Labute approximate surface area is 201 Å². The number of rotatable bonds is 8. The first-order valence-electron chi connectivity index (χ1n) is 11.0. The van der Waals surface area contributed by atoms with Crippen molar-refractivity contribution in [3.63, 3.8) is 0 Å². The number of anilines is 2. The molecule has 4 aromatic rings. The minimum Gasteiger partial charge on any atom is -0.495 e. The zero-order valence-electron chi connectivity index (χ0n) is 19.3. The van der Waals surface area contributed by atoms with Crippen LogP contribution in [0.15, 0.2) is 82.0 Å². The van der Waals surface area contributed by atoms with Crippen molar-refractivity contribution in [1.29, 1.82) is 0 Å². The van der Waals surface area contributed by atoms with Crippen molar-refractivity contribution in [3.8, 4) is 11.5 Å². The molecule has 0 spiro atoms. The lowest BCUT2D eigenvalue weighted by atomic mass is 10.1. The largest absolute Gasteiger partial charge is 0.495 e. The van der Waals surface area contributed by atoms with Crippen molar-refractivity contribution in [2.24, 2.45) is 0 Å². The van der Waals surface area contributed by atoms with Crippen molar-refractivity contribution in [3.05, 3.63) is 94.3 Å². The molecular formula is C27H24N2O6.